The lowest BCUT2D eigenvalue weighted by Gasteiger charge is -2.19. The topological polar surface area (TPSA) is 34.0 Å². The van der Waals surface area contributed by atoms with Crippen LogP contribution < -0.4 is 0 Å². The van der Waals surface area contributed by atoms with Crippen molar-refractivity contribution in [3.8, 4) is 0 Å². The van der Waals surface area contributed by atoms with E-state index in [0.29, 0.717) is 37.4 Å². The molecular weight excluding hydrogens is 320 g/mol. The summed E-state index contributed by atoms with van der Waals surface area (Å²) in [5.74, 6) is 1.61. The van der Waals surface area contributed by atoms with E-state index in [1.54, 1.807) is 0 Å². The Labute approximate surface area is 156 Å². The molecule has 0 saturated carbocycles. The van der Waals surface area contributed by atoms with E-state index in [4.69, 9.17) is 9.73 Å². The standard InChI is InChI=1S/C23H28N2O/c1-16(2)19-11-8-12-20(17(3)4)21(19)15-25-22(23-24-13-14-26-23)18-9-6-5-7-10-18/h5-12,16-17H,13-15H2,1-4H3. The van der Waals surface area contributed by atoms with Crippen LogP contribution in [0.5, 0.6) is 0 Å². The maximum Gasteiger partial charge on any atom is 0.235 e. The van der Waals surface area contributed by atoms with E-state index in [1.807, 2.05) is 18.2 Å². The molecule has 0 atom stereocenters. The zero-order chi connectivity index (χ0) is 18.5. The molecule has 2 aromatic carbocycles. The van der Waals surface area contributed by atoms with Gasteiger partial charge < -0.3 is 4.74 Å². The van der Waals surface area contributed by atoms with Crippen molar-refractivity contribution in [3.63, 3.8) is 0 Å². The molecule has 0 amide bonds. The summed E-state index contributed by atoms with van der Waals surface area (Å²) in [7, 11) is 0. The van der Waals surface area contributed by atoms with Gasteiger partial charge in [0.15, 0.2) is 0 Å². The van der Waals surface area contributed by atoms with Gasteiger partial charge in [0.05, 0.1) is 13.1 Å². The van der Waals surface area contributed by atoms with E-state index in [-0.39, 0.29) is 0 Å². The fourth-order valence-electron chi connectivity index (χ4n) is 3.40. The molecule has 0 aromatic heterocycles. The van der Waals surface area contributed by atoms with Crippen LogP contribution in [-0.4, -0.2) is 24.8 Å². The van der Waals surface area contributed by atoms with Crippen LogP contribution in [0.1, 0.15) is 61.8 Å². The molecule has 1 heterocycles. The minimum atomic E-state index is 0.471. The zero-order valence-electron chi connectivity index (χ0n) is 16.2. The second-order valence-corrected chi connectivity index (χ2v) is 7.29. The summed E-state index contributed by atoms with van der Waals surface area (Å²) >= 11 is 0. The Bertz CT molecular complexity index is 778. The van der Waals surface area contributed by atoms with Crippen LogP contribution in [0, 0.1) is 0 Å². The number of benzene rings is 2. The van der Waals surface area contributed by atoms with Gasteiger partial charge in [-0.05, 0) is 28.5 Å². The third-order valence-electron chi connectivity index (χ3n) is 4.72. The summed E-state index contributed by atoms with van der Waals surface area (Å²) < 4.78 is 5.73. The van der Waals surface area contributed by atoms with Crippen molar-refractivity contribution >= 4 is 11.6 Å². The van der Waals surface area contributed by atoms with E-state index < -0.39 is 0 Å². The molecule has 0 aliphatic carbocycles. The van der Waals surface area contributed by atoms with Gasteiger partial charge in [-0.1, -0.05) is 76.2 Å². The highest BCUT2D eigenvalue weighted by molar-refractivity contribution is 6.45. The van der Waals surface area contributed by atoms with Crippen LogP contribution in [0.25, 0.3) is 0 Å². The Kier molecular flexibility index (Phi) is 5.87. The van der Waals surface area contributed by atoms with Crippen LogP contribution >= 0.6 is 0 Å². The third kappa shape index (κ3) is 4.04. The van der Waals surface area contributed by atoms with E-state index in [0.717, 1.165) is 11.3 Å². The highest BCUT2D eigenvalue weighted by atomic mass is 16.5. The first-order valence-corrected chi connectivity index (χ1v) is 9.47. The van der Waals surface area contributed by atoms with Gasteiger partial charge in [-0.3, -0.25) is 4.99 Å². The fourth-order valence-corrected chi connectivity index (χ4v) is 3.40. The first-order chi connectivity index (χ1) is 12.6. The Hall–Kier alpha value is -2.42. The largest absolute Gasteiger partial charge is 0.474 e. The lowest BCUT2D eigenvalue weighted by Crippen LogP contribution is -2.17. The second-order valence-electron chi connectivity index (χ2n) is 7.29. The van der Waals surface area contributed by atoms with Crippen LogP contribution in [0.4, 0.5) is 0 Å². The average Bonchev–Trinajstić information content (AvgIpc) is 3.17. The second kappa shape index (κ2) is 8.31. The molecule has 0 saturated heterocycles. The van der Waals surface area contributed by atoms with Gasteiger partial charge in [0.25, 0.3) is 0 Å². The molecule has 0 N–H and O–H groups in total. The number of aliphatic imine (C=N–C) groups is 2. The van der Waals surface area contributed by atoms with E-state index >= 15 is 0 Å². The smallest absolute Gasteiger partial charge is 0.235 e. The predicted octanol–water partition coefficient (Wildman–Crippen LogP) is 5.35. The van der Waals surface area contributed by atoms with Crippen molar-refractivity contribution < 1.29 is 4.74 Å². The molecule has 3 heteroatoms. The van der Waals surface area contributed by atoms with Crippen LogP contribution in [0.15, 0.2) is 58.5 Å². The molecule has 1 aliphatic heterocycles. The molecular formula is C23H28N2O. The van der Waals surface area contributed by atoms with Crippen LogP contribution in [0.3, 0.4) is 0 Å². The monoisotopic (exact) mass is 348 g/mol. The van der Waals surface area contributed by atoms with Crippen molar-refractivity contribution in [2.24, 2.45) is 9.98 Å². The van der Waals surface area contributed by atoms with Crippen LogP contribution in [-0.2, 0) is 11.3 Å². The lowest BCUT2D eigenvalue weighted by molar-refractivity contribution is 0.353. The molecule has 0 unspecified atom stereocenters. The van der Waals surface area contributed by atoms with Gasteiger partial charge in [0, 0.05) is 5.56 Å². The first-order valence-electron chi connectivity index (χ1n) is 9.47. The fraction of sp³-hybridized carbons (Fsp3) is 0.391. The SMILES string of the molecule is CC(C)c1cccc(C(C)C)c1CN=C(C1=NCCO1)c1ccccc1. The molecule has 0 spiro atoms. The summed E-state index contributed by atoms with van der Waals surface area (Å²) in [5.41, 5.74) is 6.01. The van der Waals surface area contributed by atoms with Crippen molar-refractivity contribution in [2.75, 3.05) is 13.2 Å². The summed E-state index contributed by atoms with van der Waals surface area (Å²) in [6.45, 7) is 11.0. The molecule has 136 valence electrons. The molecule has 2 aromatic rings. The van der Waals surface area contributed by atoms with Crippen molar-refractivity contribution in [1.29, 1.82) is 0 Å². The average molecular weight is 348 g/mol. The van der Waals surface area contributed by atoms with Crippen LogP contribution in [0.2, 0.25) is 0 Å². The molecule has 3 rings (SSSR count). The van der Waals surface area contributed by atoms with Crippen molar-refractivity contribution in [1.82, 2.24) is 0 Å². The normalized spacial score (nSPS) is 14.7. The predicted molar refractivity (Wildman–Crippen MR) is 110 cm³/mol. The van der Waals surface area contributed by atoms with E-state index in [2.05, 4.69) is 63.0 Å². The van der Waals surface area contributed by atoms with Gasteiger partial charge in [0.2, 0.25) is 5.90 Å². The molecule has 3 nitrogen and oxygen atoms in total. The first kappa shape index (κ1) is 18.4. The quantitative estimate of drug-likeness (QED) is 0.648. The molecule has 26 heavy (non-hydrogen) atoms. The van der Waals surface area contributed by atoms with E-state index in [1.165, 1.54) is 16.7 Å². The molecule has 1 aliphatic rings. The number of hydrogen-bond donors (Lipinski definition) is 0. The Balaban J connectivity index is 2.03. The van der Waals surface area contributed by atoms with Gasteiger partial charge in [-0.25, -0.2) is 4.99 Å². The maximum absolute atomic E-state index is 5.73. The summed E-state index contributed by atoms with van der Waals surface area (Å²) in [6.07, 6.45) is 0. The zero-order valence-corrected chi connectivity index (χ0v) is 16.2. The molecule has 0 fully saturated rings. The number of hydrogen-bond acceptors (Lipinski definition) is 3. The lowest BCUT2D eigenvalue weighted by atomic mass is 9.88. The summed E-state index contributed by atoms with van der Waals surface area (Å²) in [6, 6.07) is 16.8. The van der Waals surface area contributed by atoms with Gasteiger partial charge in [-0.15, -0.1) is 0 Å². The van der Waals surface area contributed by atoms with Gasteiger partial charge in [0.1, 0.15) is 12.3 Å². The van der Waals surface area contributed by atoms with Gasteiger partial charge >= 0.3 is 0 Å². The maximum atomic E-state index is 5.73. The molecule has 0 bridgehead atoms. The Morgan fingerprint density at radius 2 is 1.62 bits per heavy atom. The number of ether oxygens (including phenoxy) is 1. The minimum absolute atomic E-state index is 0.471. The Morgan fingerprint density at radius 1 is 0.962 bits per heavy atom. The Morgan fingerprint density at radius 3 is 2.15 bits per heavy atom. The highest BCUT2D eigenvalue weighted by Gasteiger charge is 2.18. The third-order valence-corrected chi connectivity index (χ3v) is 4.72. The van der Waals surface area contributed by atoms with Crippen molar-refractivity contribution in [3.05, 3.63) is 70.8 Å². The number of nitrogens with zero attached hydrogens (tertiary/aromatic N) is 2. The summed E-state index contributed by atoms with van der Waals surface area (Å²) in [5, 5.41) is 0. The number of rotatable bonds is 6. The minimum Gasteiger partial charge on any atom is -0.474 e. The van der Waals surface area contributed by atoms with Gasteiger partial charge in [-0.2, -0.15) is 0 Å². The molecule has 0 radical (unpaired) electrons. The van der Waals surface area contributed by atoms with E-state index in [9.17, 15) is 0 Å². The van der Waals surface area contributed by atoms with Crippen molar-refractivity contribution in [2.45, 2.75) is 46.1 Å². The summed E-state index contributed by atoms with van der Waals surface area (Å²) in [4.78, 5) is 9.50. The highest BCUT2D eigenvalue weighted by Crippen LogP contribution is 2.28.